The number of hydrogen-bond acceptors (Lipinski definition) is 7. The van der Waals surface area contributed by atoms with Crippen molar-refractivity contribution in [3.8, 4) is 5.69 Å². The maximum absolute atomic E-state index is 14.0. The minimum atomic E-state index is -3.57. The van der Waals surface area contributed by atoms with E-state index in [1.165, 1.54) is 23.6 Å². The second kappa shape index (κ2) is 14.0. The van der Waals surface area contributed by atoms with Gasteiger partial charge in [0.1, 0.15) is 11.6 Å². The standard InChI is InChI=1S/C35H52N6O5S/c1-25(2)23-40-33(42)32(22-28-8-6-5-7-9-28)36-34(43)35(40)14-16-38(17-15-35)24-31-26(3)37-41(27(31)4)29-10-12-30(13-11-29)47(44,45)39-18-20-46-21-19-39/h10-13,25,28,32H,5-9,14-24H2,1-4H3,(H,36,43). The summed E-state index contributed by atoms with van der Waals surface area (Å²) in [7, 11) is -3.57. The molecule has 1 saturated carbocycles. The fourth-order valence-corrected chi connectivity index (χ4v) is 9.48. The van der Waals surface area contributed by atoms with Crippen LogP contribution in [0.4, 0.5) is 0 Å². The Labute approximate surface area is 280 Å². The van der Waals surface area contributed by atoms with E-state index in [0.29, 0.717) is 71.2 Å². The number of ether oxygens (including phenoxy) is 1. The molecule has 4 aliphatic rings. The highest BCUT2D eigenvalue weighted by Gasteiger charge is 2.53. The third-order valence-corrected chi connectivity index (χ3v) is 12.8. The van der Waals surface area contributed by atoms with E-state index in [4.69, 9.17) is 9.84 Å². The molecule has 1 spiro atoms. The van der Waals surface area contributed by atoms with Crippen molar-refractivity contribution >= 4 is 21.8 Å². The molecule has 1 atom stereocenters. The van der Waals surface area contributed by atoms with Crippen LogP contribution in [0.1, 0.15) is 82.2 Å². The normalized spacial score (nSPS) is 23.5. The molecule has 4 heterocycles. The topological polar surface area (TPSA) is 117 Å². The van der Waals surface area contributed by atoms with Gasteiger partial charge in [0.05, 0.1) is 29.5 Å². The summed E-state index contributed by atoms with van der Waals surface area (Å²) in [4.78, 5) is 32.4. The van der Waals surface area contributed by atoms with E-state index in [0.717, 1.165) is 41.9 Å². The van der Waals surface area contributed by atoms with Gasteiger partial charge >= 0.3 is 0 Å². The van der Waals surface area contributed by atoms with Crippen LogP contribution in [0.15, 0.2) is 29.2 Å². The van der Waals surface area contributed by atoms with Crippen LogP contribution in [0.5, 0.6) is 0 Å². The highest BCUT2D eigenvalue weighted by atomic mass is 32.2. The van der Waals surface area contributed by atoms with Crippen LogP contribution in [-0.2, 0) is 30.9 Å². The number of rotatable bonds is 9. The molecule has 3 aliphatic heterocycles. The van der Waals surface area contributed by atoms with Crippen molar-refractivity contribution in [1.29, 1.82) is 0 Å². The maximum Gasteiger partial charge on any atom is 0.246 e. The van der Waals surface area contributed by atoms with Crippen molar-refractivity contribution < 1.29 is 22.7 Å². The number of piperazine rings is 1. The lowest BCUT2D eigenvalue weighted by atomic mass is 9.78. The van der Waals surface area contributed by atoms with Gasteiger partial charge in [-0.2, -0.15) is 9.40 Å². The van der Waals surface area contributed by atoms with Crippen molar-refractivity contribution in [2.75, 3.05) is 45.9 Å². The molecular formula is C35H52N6O5S. The van der Waals surface area contributed by atoms with Crippen molar-refractivity contribution in [3.05, 3.63) is 41.2 Å². The third-order valence-electron chi connectivity index (χ3n) is 10.8. The van der Waals surface area contributed by atoms with Crippen LogP contribution in [0.2, 0.25) is 0 Å². The third kappa shape index (κ3) is 6.89. The highest BCUT2D eigenvalue weighted by molar-refractivity contribution is 7.89. The summed E-state index contributed by atoms with van der Waals surface area (Å²) >= 11 is 0. The first kappa shape index (κ1) is 34.1. The number of sulfonamides is 1. The van der Waals surface area contributed by atoms with Gasteiger partial charge in [0.2, 0.25) is 21.8 Å². The summed E-state index contributed by atoms with van der Waals surface area (Å²) in [6, 6.07) is 6.52. The summed E-state index contributed by atoms with van der Waals surface area (Å²) in [6.45, 7) is 12.6. The number of benzene rings is 1. The monoisotopic (exact) mass is 668 g/mol. The zero-order chi connectivity index (χ0) is 33.3. The molecule has 47 heavy (non-hydrogen) atoms. The number of likely N-dealkylation sites (tertiary alicyclic amines) is 1. The van der Waals surface area contributed by atoms with Crippen LogP contribution in [0, 0.1) is 25.7 Å². The van der Waals surface area contributed by atoms with Gasteiger partial charge in [0, 0.05) is 50.5 Å². The molecule has 1 aliphatic carbocycles. The summed E-state index contributed by atoms with van der Waals surface area (Å²) in [5.74, 6) is 0.926. The van der Waals surface area contributed by atoms with Gasteiger partial charge in [0.15, 0.2) is 0 Å². The zero-order valence-electron chi connectivity index (χ0n) is 28.5. The van der Waals surface area contributed by atoms with Crippen LogP contribution in [0.3, 0.4) is 0 Å². The Morgan fingerprint density at radius 2 is 1.64 bits per heavy atom. The molecule has 0 bridgehead atoms. The summed E-state index contributed by atoms with van der Waals surface area (Å²) in [5.41, 5.74) is 3.06. The Kier molecular flexibility index (Phi) is 10.1. The van der Waals surface area contributed by atoms with Gasteiger partial charge in [-0.25, -0.2) is 13.1 Å². The number of nitrogens with zero attached hydrogens (tertiary/aromatic N) is 5. The number of aryl methyl sites for hydroxylation is 1. The molecule has 1 aromatic carbocycles. The second-order valence-electron chi connectivity index (χ2n) is 14.5. The van der Waals surface area contributed by atoms with E-state index in [1.807, 2.05) is 35.6 Å². The van der Waals surface area contributed by atoms with Crippen LogP contribution < -0.4 is 5.32 Å². The molecule has 12 heteroatoms. The summed E-state index contributed by atoms with van der Waals surface area (Å²) in [6.07, 6.45) is 8.00. The average molecular weight is 669 g/mol. The Balaban J connectivity index is 1.13. The molecule has 0 radical (unpaired) electrons. The minimum Gasteiger partial charge on any atom is -0.379 e. The Bertz CT molecular complexity index is 1530. The van der Waals surface area contributed by atoms with Crippen LogP contribution in [-0.4, -0.2) is 102 Å². The molecule has 11 nitrogen and oxygen atoms in total. The first-order valence-electron chi connectivity index (χ1n) is 17.6. The molecule has 6 rings (SSSR count). The van der Waals surface area contributed by atoms with E-state index in [9.17, 15) is 18.0 Å². The Morgan fingerprint density at radius 3 is 2.28 bits per heavy atom. The van der Waals surface area contributed by atoms with Crippen molar-refractivity contribution in [1.82, 2.24) is 29.2 Å². The number of nitrogens with one attached hydrogen (secondary N) is 1. The van der Waals surface area contributed by atoms with E-state index in [1.54, 1.807) is 12.1 Å². The van der Waals surface area contributed by atoms with Crippen LogP contribution >= 0.6 is 0 Å². The zero-order valence-corrected chi connectivity index (χ0v) is 29.4. The molecule has 2 amide bonds. The number of carbonyl (C=O) groups excluding carboxylic acids is 2. The molecule has 258 valence electrons. The average Bonchev–Trinajstić information content (AvgIpc) is 3.35. The van der Waals surface area contributed by atoms with E-state index in [-0.39, 0.29) is 22.6 Å². The highest BCUT2D eigenvalue weighted by Crippen LogP contribution is 2.37. The Hall–Kier alpha value is -2.80. The number of carbonyl (C=O) groups is 2. The number of amides is 2. The van der Waals surface area contributed by atoms with Crippen molar-refractivity contribution in [2.45, 2.75) is 102 Å². The lowest BCUT2D eigenvalue weighted by Crippen LogP contribution is -2.73. The smallest absolute Gasteiger partial charge is 0.246 e. The van der Waals surface area contributed by atoms with Crippen molar-refractivity contribution in [2.24, 2.45) is 11.8 Å². The largest absolute Gasteiger partial charge is 0.379 e. The molecule has 1 unspecified atom stereocenters. The summed E-state index contributed by atoms with van der Waals surface area (Å²) in [5, 5.41) is 8.04. The second-order valence-corrected chi connectivity index (χ2v) is 16.4. The van der Waals surface area contributed by atoms with Gasteiger partial charge in [-0.3, -0.25) is 14.5 Å². The fourth-order valence-electron chi connectivity index (χ4n) is 8.07. The number of aromatic nitrogens is 2. The quantitative estimate of drug-likeness (QED) is 0.432. The maximum atomic E-state index is 14.0. The van der Waals surface area contributed by atoms with E-state index >= 15 is 0 Å². The van der Waals surface area contributed by atoms with Gasteiger partial charge in [-0.15, -0.1) is 0 Å². The predicted molar refractivity (Wildman–Crippen MR) is 180 cm³/mol. The lowest BCUT2D eigenvalue weighted by molar-refractivity contribution is -0.162. The molecule has 1 aromatic heterocycles. The first-order valence-corrected chi connectivity index (χ1v) is 19.0. The molecule has 3 saturated heterocycles. The van der Waals surface area contributed by atoms with Crippen molar-refractivity contribution in [3.63, 3.8) is 0 Å². The number of piperidine rings is 1. The number of hydrogen-bond donors (Lipinski definition) is 1. The van der Waals surface area contributed by atoms with E-state index < -0.39 is 21.6 Å². The SMILES string of the molecule is Cc1nn(-c2ccc(S(=O)(=O)N3CCOCC3)cc2)c(C)c1CN1CCC2(CC1)C(=O)NC(CC1CCCCC1)C(=O)N2CC(C)C. The predicted octanol–water partition coefficient (Wildman–Crippen LogP) is 3.80. The first-order chi connectivity index (χ1) is 22.5. The van der Waals surface area contributed by atoms with Crippen LogP contribution in [0.25, 0.3) is 5.69 Å². The Morgan fingerprint density at radius 1 is 0.979 bits per heavy atom. The molecule has 4 fully saturated rings. The minimum absolute atomic E-state index is 0.0254. The van der Waals surface area contributed by atoms with Gasteiger partial charge in [-0.1, -0.05) is 46.0 Å². The molecule has 2 aromatic rings. The molecular weight excluding hydrogens is 616 g/mol. The van der Waals surface area contributed by atoms with E-state index in [2.05, 4.69) is 24.1 Å². The van der Waals surface area contributed by atoms with Gasteiger partial charge < -0.3 is 15.0 Å². The summed E-state index contributed by atoms with van der Waals surface area (Å²) < 4.78 is 34.9. The lowest BCUT2D eigenvalue weighted by Gasteiger charge is -2.52. The fraction of sp³-hybridized carbons (Fsp3) is 0.686. The van der Waals surface area contributed by atoms with Gasteiger partial charge in [0.25, 0.3) is 0 Å². The number of morpholine rings is 1. The molecule has 1 N–H and O–H groups in total. The van der Waals surface area contributed by atoms with Gasteiger partial charge in [-0.05, 0) is 69.2 Å².